The van der Waals surface area contributed by atoms with Crippen LogP contribution >= 0.6 is 11.6 Å². The minimum atomic E-state index is -1.14. The topological polar surface area (TPSA) is 97.6 Å². The molecule has 0 aliphatic carbocycles. The number of esters is 1. The summed E-state index contributed by atoms with van der Waals surface area (Å²) in [6.07, 6.45) is 1.62. The summed E-state index contributed by atoms with van der Waals surface area (Å²) in [5.41, 5.74) is 2.74. The number of ether oxygens (including phenoxy) is 1. The summed E-state index contributed by atoms with van der Waals surface area (Å²) in [6, 6.07) is 13.8. The van der Waals surface area contributed by atoms with Crippen LogP contribution in [0.2, 0.25) is 5.02 Å². The van der Waals surface area contributed by atoms with Gasteiger partial charge in [-0.25, -0.2) is 9.59 Å². The Kier molecular flexibility index (Phi) is 5.05. The van der Waals surface area contributed by atoms with Crippen molar-refractivity contribution >= 4 is 35.1 Å². The third-order valence-corrected chi connectivity index (χ3v) is 5.31. The summed E-state index contributed by atoms with van der Waals surface area (Å²) in [5.74, 6) is -2.29. The Labute approximate surface area is 176 Å². The minimum absolute atomic E-state index is 0.00536. The molecule has 1 atom stereocenters. The number of hydrogen-bond acceptors (Lipinski definition) is 4. The number of nitrogens with one attached hydrogen (secondary N) is 1. The molecule has 0 saturated carbocycles. The molecule has 2 N–H and O–H groups in total. The Hall–Kier alpha value is -3.58. The van der Waals surface area contributed by atoms with Gasteiger partial charge in [-0.2, -0.15) is 0 Å². The number of carbonyl (C=O) groups is 3. The number of carboxylic acids is 1. The van der Waals surface area contributed by atoms with Gasteiger partial charge in [0.1, 0.15) is 5.56 Å². The number of methoxy groups -OCH3 is 1. The van der Waals surface area contributed by atoms with Crippen LogP contribution in [0.15, 0.2) is 54.7 Å². The third kappa shape index (κ3) is 3.44. The van der Waals surface area contributed by atoms with Gasteiger partial charge in [-0.3, -0.25) is 4.79 Å². The number of carboxylic acid groups (broad SMARTS) is 1. The Morgan fingerprint density at radius 2 is 1.93 bits per heavy atom. The highest BCUT2D eigenvalue weighted by atomic mass is 35.5. The third-order valence-electron chi connectivity index (χ3n) is 5.08. The van der Waals surface area contributed by atoms with Crippen molar-refractivity contribution in [2.75, 3.05) is 12.4 Å². The number of amides is 1. The number of aromatic carboxylic acids is 1. The summed E-state index contributed by atoms with van der Waals surface area (Å²) in [4.78, 5) is 36.0. The second kappa shape index (κ2) is 7.68. The molecule has 30 heavy (non-hydrogen) atoms. The van der Waals surface area contributed by atoms with Gasteiger partial charge >= 0.3 is 11.9 Å². The van der Waals surface area contributed by atoms with E-state index in [1.807, 2.05) is 6.07 Å². The zero-order chi connectivity index (χ0) is 21.4. The van der Waals surface area contributed by atoms with Crippen LogP contribution in [0.4, 0.5) is 5.69 Å². The smallest absolute Gasteiger partial charge is 0.339 e. The number of benzene rings is 2. The molecule has 0 unspecified atom stereocenters. The highest BCUT2D eigenvalue weighted by Gasteiger charge is 2.34. The van der Waals surface area contributed by atoms with Gasteiger partial charge in [0.25, 0.3) is 0 Å². The fraction of sp³-hybridized carbons (Fsp3) is 0.136. The van der Waals surface area contributed by atoms with E-state index in [0.29, 0.717) is 22.0 Å². The van der Waals surface area contributed by atoms with Crippen LogP contribution in [0.25, 0.3) is 5.69 Å². The number of hydrogen-bond donors (Lipinski definition) is 2. The molecule has 0 fully saturated rings. The number of aromatic nitrogens is 1. The normalized spacial score (nSPS) is 15.3. The second-order valence-corrected chi connectivity index (χ2v) is 7.31. The molecule has 152 valence electrons. The first-order chi connectivity index (χ1) is 14.4. The molecule has 8 heteroatoms. The van der Waals surface area contributed by atoms with Crippen LogP contribution in [0.5, 0.6) is 0 Å². The summed E-state index contributed by atoms with van der Waals surface area (Å²) in [6.45, 7) is 0. The van der Waals surface area contributed by atoms with Crippen molar-refractivity contribution in [1.29, 1.82) is 0 Å². The summed E-state index contributed by atoms with van der Waals surface area (Å²) in [5, 5.41) is 12.9. The molecule has 4 rings (SSSR count). The predicted molar refractivity (Wildman–Crippen MR) is 111 cm³/mol. The molecule has 0 saturated heterocycles. The molecule has 2 heterocycles. The lowest BCUT2D eigenvalue weighted by Gasteiger charge is -2.26. The summed E-state index contributed by atoms with van der Waals surface area (Å²) >= 11 is 6.14. The van der Waals surface area contributed by atoms with Gasteiger partial charge in [0.2, 0.25) is 5.91 Å². The Morgan fingerprint density at radius 1 is 1.20 bits per heavy atom. The van der Waals surface area contributed by atoms with E-state index in [4.69, 9.17) is 16.3 Å². The van der Waals surface area contributed by atoms with Crippen molar-refractivity contribution in [3.8, 4) is 5.69 Å². The van der Waals surface area contributed by atoms with Crippen LogP contribution in [-0.2, 0) is 9.53 Å². The molecular weight excluding hydrogens is 408 g/mol. The summed E-state index contributed by atoms with van der Waals surface area (Å²) < 4.78 is 6.47. The molecule has 0 spiro atoms. The van der Waals surface area contributed by atoms with Crippen molar-refractivity contribution in [2.45, 2.75) is 12.3 Å². The zero-order valence-electron chi connectivity index (χ0n) is 15.9. The van der Waals surface area contributed by atoms with Gasteiger partial charge in [-0.1, -0.05) is 29.8 Å². The van der Waals surface area contributed by atoms with Crippen molar-refractivity contribution in [3.05, 3.63) is 82.1 Å². The highest BCUT2D eigenvalue weighted by molar-refractivity contribution is 6.30. The van der Waals surface area contributed by atoms with Gasteiger partial charge in [0.05, 0.1) is 24.1 Å². The molecule has 2 aromatic carbocycles. The fourth-order valence-corrected chi connectivity index (χ4v) is 3.90. The van der Waals surface area contributed by atoms with Gasteiger partial charge < -0.3 is 19.7 Å². The van der Waals surface area contributed by atoms with Gasteiger partial charge in [-0.05, 0) is 35.9 Å². The Morgan fingerprint density at radius 3 is 2.57 bits per heavy atom. The van der Waals surface area contributed by atoms with E-state index < -0.39 is 17.9 Å². The average Bonchev–Trinajstić information content (AvgIpc) is 3.12. The molecule has 7 nitrogen and oxygen atoms in total. The van der Waals surface area contributed by atoms with Gasteiger partial charge in [0.15, 0.2) is 0 Å². The van der Waals surface area contributed by atoms with Crippen molar-refractivity contribution in [2.24, 2.45) is 0 Å². The van der Waals surface area contributed by atoms with E-state index in [-0.39, 0.29) is 23.6 Å². The molecular formula is C22H17ClN2O5. The molecule has 1 aliphatic rings. The first-order valence-electron chi connectivity index (χ1n) is 9.11. The number of halogens is 1. The van der Waals surface area contributed by atoms with E-state index in [9.17, 15) is 19.5 Å². The van der Waals surface area contributed by atoms with E-state index in [2.05, 4.69) is 5.32 Å². The predicted octanol–water partition coefficient (Wildman–Crippen LogP) is 4.09. The van der Waals surface area contributed by atoms with Crippen molar-refractivity contribution < 1.29 is 24.2 Å². The van der Waals surface area contributed by atoms with Crippen LogP contribution in [0.1, 0.15) is 44.3 Å². The monoisotopic (exact) mass is 424 g/mol. The molecule has 1 aromatic heterocycles. The maximum atomic E-state index is 12.4. The van der Waals surface area contributed by atoms with Crippen molar-refractivity contribution in [3.63, 3.8) is 0 Å². The lowest BCUT2D eigenvalue weighted by molar-refractivity contribution is -0.116. The van der Waals surface area contributed by atoms with Crippen LogP contribution < -0.4 is 5.32 Å². The minimum Gasteiger partial charge on any atom is -0.478 e. The first-order valence-corrected chi connectivity index (χ1v) is 9.49. The average molecular weight is 425 g/mol. The van der Waals surface area contributed by atoms with Crippen LogP contribution in [0.3, 0.4) is 0 Å². The molecule has 3 aromatic rings. The fourth-order valence-electron chi connectivity index (χ4n) is 3.71. The van der Waals surface area contributed by atoms with E-state index in [1.54, 1.807) is 47.0 Å². The SMILES string of the molecule is COC(=O)c1ccc([C@@H]2CC(=O)Nc3c(C(=O)O)cn(-c4cccc(Cl)c4)c32)cc1. The second-order valence-electron chi connectivity index (χ2n) is 6.88. The van der Waals surface area contributed by atoms with E-state index in [1.165, 1.54) is 13.3 Å². The maximum Gasteiger partial charge on any atom is 0.339 e. The zero-order valence-corrected chi connectivity index (χ0v) is 16.6. The Balaban J connectivity index is 1.89. The van der Waals surface area contributed by atoms with Crippen molar-refractivity contribution in [1.82, 2.24) is 4.57 Å². The first kappa shape index (κ1) is 19.7. The molecule has 1 amide bonds. The van der Waals surface area contributed by atoms with Crippen LogP contribution in [0, 0.1) is 0 Å². The molecule has 1 aliphatic heterocycles. The standard InChI is InChI=1S/C22H17ClN2O5/c1-30-22(29)13-7-5-12(6-8-13)16-10-18(26)24-19-17(21(27)28)11-25(20(16)19)15-4-2-3-14(23)9-15/h2-9,11,16H,10H2,1H3,(H,24,26)(H,27,28)/t16-/m0/s1. The number of anilines is 1. The Bertz CT molecular complexity index is 1170. The largest absolute Gasteiger partial charge is 0.478 e. The van der Waals surface area contributed by atoms with E-state index >= 15 is 0 Å². The number of fused-ring (bicyclic) bond motifs is 1. The van der Waals surface area contributed by atoms with Crippen LogP contribution in [-0.4, -0.2) is 34.6 Å². The van der Waals surface area contributed by atoms with Gasteiger partial charge in [0, 0.05) is 29.2 Å². The highest BCUT2D eigenvalue weighted by Crippen LogP contribution is 2.41. The lowest BCUT2D eigenvalue weighted by atomic mass is 9.87. The summed E-state index contributed by atoms with van der Waals surface area (Å²) in [7, 11) is 1.30. The number of carbonyl (C=O) groups excluding carboxylic acids is 2. The molecule has 0 bridgehead atoms. The quantitative estimate of drug-likeness (QED) is 0.615. The maximum absolute atomic E-state index is 12.4. The van der Waals surface area contributed by atoms with E-state index in [0.717, 1.165) is 5.56 Å². The lowest BCUT2D eigenvalue weighted by Crippen LogP contribution is -2.25. The van der Waals surface area contributed by atoms with Gasteiger partial charge in [-0.15, -0.1) is 0 Å². The molecule has 0 radical (unpaired) electrons. The number of rotatable bonds is 4. The number of nitrogens with zero attached hydrogens (tertiary/aromatic N) is 1.